The first-order valence-corrected chi connectivity index (χ1v) is 8.55. The Hall–Kier alpha value is -1.65. The summed E-state index contributed by atoms with van der Waals surface area (Å²) in [4.78, 5) is 15.2. The highest BCUT2D eigenvalue weighted by Crippen LogP contribution is 2.26. The summed E-state index contributed by atoms with van der Waals surface area (Å²) in [5.41, 5.74) is 1.71. The number of carbonyl (C=O) groups is 1. The van der Waals surface area contributed by atoms with Crippen LogP contribution >= 0.6 is 23.4 Å². The molecule has 0 spiro atoms. The molecule has 3 nitrogen and oxygen atoms in total. The van der Waals surface area contributed by atoms with E-state index in [1.54, 1.807) is 23.7 Å². The van der Waals surface area contributed by atoms with Gasteiger partial charge in [-0.3, -0.25) is 0 Å². The third-order valence-electron chi connectivity index (χ3n) is 3.60. The van der Waals surface area contributed by atoms with Gasteiger partial charge in [-0.15, -0.1) is 11.8 Å². The normalized spacial score (nSPS) is 11.8. The van der Waals surface area contributed by atoms with Crippen LogP contribution in [0.3, 0.4) is 0 Å². The van der Waals surface area contributed by atoms with Crippen molar-refractivity contribution in [2.45, 2.75) is 17.9 Å². The molecule has 1 atom stereocenters. The summed E-state index contributed by atoms with van der Waals surface area (Å²) in [6.45, 7) is 1.96. The number of anilines is 1. The molecule has 0 aliphatic rings. The number of rotatable bonds is 4. The van der Waals surface area contributed by atoms with Crippen LogP contribution in [0.5, 0.6) is 0 Å². The van der Waals surface area contributed by atoms with Crippen LogP contribution in [0.2, 0.25) is 5.02 Å². The molecule has 0 heterocycles. The van der Waals surface area contributed by atoms with E-state index < -0.39 is 0 Å². The summed E-state index contributed by atoms with van der Waals surface area (Å²) < 4.78 is 0. The number of benzene rings is 2. The summed E-state index contributed by atoms with van der Waals surface area (Å²) in [6.07, 6.45) is 2.02. The van der Waals surface area contributed by atoms with Crippen LogP contribution in [0.4, 0.5) is 10.5 Å². The van der Waals surface area contributed by atoms with E-state index in [0.717, 1.165) is 16.1 Å². The molecule has 0 bridgehead atoms. The van der Waals surface area contributed by atoms with Crippen molar-refractivity contribution in [1.29, 1.82) is 0 Å². The largest absolute Gasteiger partial charge is 0.322 e. The van der Waals surface area contributed by atoms with Crippen molar-refractivity contribution in [3.05, 3.63) is 59.1 Å². The summed E-state index contributed by atoms with van der Waals surface area (Å²) >= 11 is 7.87. The average molecular weight is 335 g/mol. The monoisotopic (exact) mass is 334 g/mol. The van der Waals surface area contributed by atoms with E-state index >= 15 is 0 Å². The minimum absolute atomic E-state index is 0.112. The van der Waals surface area contributed by atoms with Gasteiger partial charge in [-0.05, 0) is 49.1 Å². The van der Waals surface area contributed by atoms with E-state index in [4.69, 9.17) is 11.6 Å². The van der Waals surface area contributed by atoms with Crippen LogP contribution in [0, 0.1) is 0 Å². The number of carbonyl (C=O) groups excluding carboxylic acids is 1. The van der Waals surface area contributed by atoms with Crippen molar-refractivity contribution < 1.29 is 4.79 Å². The van der Waals surface area contributed by atoms with Crippen molar-refractivity contribution in [1.82, 2.24) is 4.90 Å². The van der Waals surface area contributed by atoms with Crippen LogP contribution in [-0.4, -0.2) is 24.2 Å². The van der Waals surface area contributed by atoms with Crippen LogP contribution in [0.1, 0.15) is 18.5 Å². The lowest BCUT2D eigenvalue weighted by molar-refractivity contribution is 0.208. The van der Waals surface area contributed by atoms with Crippen molar-refractivity contribution in [2.24, 2.45) is 0 Å². The maximum absolute atomic E-state index is 12.4. The van der Waals surface area contributed by atoms with Crippen LogP contribution in [0.15, 0.2) is 53.4 Å². The molecule has 2 aromatic rings. The Morgan fingerprint density at radius 1 is 1.18 bits per heavy atom. The number of nitrogens with one attached hydrogen (secondary N) is 1. The zero-order chi connectivity index (χ0) is 16.1. The summed E-state index contributed by atoms with van der Waals surface area (Å²) in [7, 11) is 1.76. The molecule has 0 saturated carbocycles. The third kappa shape index (κ3) is 3.96. The molecule has 2 rings (SSSR count). The second-order valence-corrected chi connectivity index (χ2v) is 6.25. The van der Waals surface area contributed by atoms with Crippen LogP contribution < -0.4 is 5.32 Å². The van der Waals surface area contributed by atoms with Gasteiger partial charge < -0.3 is 10.2 Å². The van der Waals surface area contributed by atoms with Crippen LogP contribution in [-0.2, 0) is 0 Å². The number of halogens is 1. The minimum Gasteiger partial charge on any atom is -0.321 e. The van der Waals surface area contributed by atoms with E-state index in [-0.39, 0.29) is 12.1 Å². The van der Waals surface area contributed by atoms with Gasteiger partial charge in [0.15, 0.2) is 0 Å². The van der Waals surface area contributed by atoms with E-state index in [1.807, 2.05) is 61.7 Å². The number of nitrogens with zero attached hydrogens (tertiary/aromatic N) is 1. The topological polar surface area (TPSA) is 32.3 Å². The lowest BCUT2D eigenvalue weighted by Gasteiger charge is -2.26. The van der Waals surface area contributed by atoms with E-state index in [0.29, 0.717) is 5.02 Å². The molecule has 0 aliphatic heterocycles. The highest BCUT2D eigenvalue weighted by molar-refractivity contribution is 7.98. The van der Waals surface area contributed by atoms with Crippen molar-refractivity contribution in [3.63, 3.8) is 0 Å². The average Bonchev–Trinajstić information content (AvgIpc) is 2.54. The predicted molar refractivity (Wildman–Crippen MR) is 94.9 cm³/mol. The molecular weight excluding hydrogens is 316 g/mol. The number of amides is 2. The second kappa shape index (κ2) is 7.56. The fraction of sp³-hybridized carbons (Fsp3) is 0.235. The lowest BCUT2D eigenvalue weighted by atomic mass is 10.1. The summed E-state index contributed by atoms with van der Waals surface area (Å²) in [6, 6.07) is 15.1. The van der Waals surface area contributed by atoms with Gasteiger partial charge in [-0.25, -0.2) is 4.79 Å². The molecule has 0 aromatic heterocycles. The van der Waals surface area contributed by atoms with E-state index in [2.05, 4.69) is 5.32 Å². The molecular formula is C17H19ClN2OS. The van der Waals surface area contributed by atoms with E-state index in [1.165, 1.54) is 0 Å². The quantitative estimate of drug-likeness (QED) is 0.771. The van der Waals surface area contributed by atoms with Crippen LogP contribution in [0.25, 0.3) is 0 Å². The lowest BCUT2D eigenvalue weighted by Crippen LogP contribution is -2.33. The molecule has 116 valence electrons. The Morgan fingerprint density at radius 3 is 2.41 bits per heavy atom. The molecule has 1 unspecified atom stereocenters. The van der Waals surface area contributed by atoms with Gasteiger partial charge in [0.05, 0.1) is 6.04 Å². The number of urea groups is 1. The van der Waals surface area contributed by atoms with Gasteiger partial charge in [0.2, 0.25) is 0 Å². The number of thioether (sulfide) groups is 1. The van der Waals surface area contributed by atoms with Crippen molar-refractivity contribution in [3.8, 4) is 0 Å². The molecule has 2 amide bonds. The second-order valence-electron chi connectivity index (χ2n) is 4.97. The standard InChI is InChI=1S/C17H19ClN2OS/c1-12(15-6-4-5-7-16(15)18)20(2)17(21)19-13-8-10-14(22-3)11-9-13/h4-12H,1-3H3,(H,19,21). The summed E-state index contributed by atoms with van der Waals surface area (Å²) in [5.74, 6) is 0. The Morgan fingerprint density at radius 2 is 1.82 bits per heavy atom. The Bertz CT molecular complexity index is 645. The SMILES string of the molecule is CSc1ccc(NC(=O)N(C)C(C)c2ccccc2Cl)cc1. The van der Waals surface area contributed by atoms with Gasteiger partial charge in [-0.2, -0.15) is 0 Å². The van der Waals surface area contributed by atoms with Gasteiger partial charge in [-0.1, -0.05) is 29.8 Å². The minimum atomic E-state index is -0.163. The molecule has 0 fully saturated rings. The zero-order valence-electron chi connectivity index (χ0n) is 12.8. The maximum atomic E-state index is 12.4. The Kier molecular flexibility index (Phi) is 5.75. The fourth-order valence-corrected chi connectivity index (χ4v) is 2.79. The van der Waals surface area contributed by atoms with Gasteiger partial charge in [0, 0.05) is 22.7 Å². The molecule has 0 saturated heterocycles. The summed E-state index contributed by atoms with van der Waals surface area (Å²) in [5, 5.41) is 3.56. The molecule has 2 aromatic carbocycles. The molecule has 22 heavy (non-hydrogen) atoms. The smallest absolute Gasteiger partial charge is 0.321 e. The molecule has 0 radical (unpaired) electrons. The first-order chi connectivity index (χ1) is 10.5. The van der Waals surface area contributed by atoms with Gasteiger partial charge in [0.25, 0.3) is 0 Å². The number of hydrogen-bond acceptors (Lipinski definition) is 2. The number of hydrogen-bond donors (Lipinski definition) is 1. The van der Waals surface area contributed by atoms with Crippen molar-refractivity contribution in [2.75, 3.05) is 18.6 Å². The predicted octanol–water partition coefficient (Wildman–Crippen LogP) is 5.29. The maximum Gasteiger partial charge on any atom is 0.322 e. The Labute approximate surface area is 140 Å². The molecule has 1 N–H and O–H groups in total. The van der Waals surface area contributed by atoms with Crippen molar-refractivity contribution >= 4 is 35.1 Å². The highest BCUT2D eigenvalue weighted by atomic mass is 35.5. The van der Waals surface area contributed by atoms with E-state index in [9.17, 15) is 4.79 Å². The first-order valence-electron chi connectivity index (χ1n) is 6.95. The zero-order valence-corrected chi connectivity index (χ0v) is 14.4. The Balaban J connectivity index is 2.06. The molecule has 0 aliphatic carbocycles. The van der Waals surface area contributed by atoms with Gasteiger partial charge >= 0.3 is 6.03 Å². The first kappa shape index (κ1) is 16.7. The third-order valence-corrected chi connectivity index (χ3v) is 4.69. The highest BCUT2D eigenvalue weighted by Gasteiger charge is 2.19. The van der Waals surface area contributed by atoms with Gasteiger partial charge in [0.1, 0.15) is 0 Å². The molecule has 5 heteroatoms. The fourth-order valence-electron chi connectivity index (χ4n) is 2.08.